The zero-order chi connectivity index (χ0) is 12.3. The van der Waals surface area contributed by atoms with Gasteiger partial charge in [-0.05, 0) is 17.7 Å². The molecule has 17 heavy (non-hydrogen) atoms. The van der Waals surface area contributed by atoms with Crippen LogP contribution in [0.25, 0.3) is 0 Å². The number of nitrogens with zero attached hydrogens (tertiary/aromatic N) is 2. The first-order valence-electron chi connectivity index (χ1n) is 4.90. The predicted molar refractivity (Wildman–Crippen MR) is 56.6 cm³/mol. The largest absolute Gasteiger partial charge is 0.296 e. The van der Waals surface area contributed by atoms with Crippen LogP contribution in [0.5, 0.6) is 0 Å². The van der Waals surface area contributed by atoms with E-state index in [9.17, 15) is 13.6 Å². The van der Waals surface area contributed by atoms with Gasteiger partial charge in [0, 0.05) is 18.7 Å². The summed E-state index contributed by atoms with van der Waals surface area (Å²) in [6.07, 6.45) is 2.13. The smallest absolute Gasteiger partial charge is 0.168 e. The number of aromatic nitrogens is 2. The maximum Gasteiger partial charge on any atom is 0.168 e. The molecule has 0 atom stereocenters. The van der Waals surface area contributed by atoms with Gasteiger partial charge in [-0.2, -0.15) is 0 Å². The van der Waals surface area contributed by atoms with Crippen LogP contribution in [-0.2, 0) is 6.42 Å². The summed E-state index contributed by atoms with van der Waals surface area (Å²) in [6.45, 7) is 0. The van der Waals surface area contributed by atoms with Gasteiger partial charge in [-0.15, -0.1) is 0 Å². The average Bonchev–Trinajstić information content (AvgIpc) is 2.33. The lowest BCUT2D eigenvalue weighted by Gasteiger charge is -2.02. The Balaban J connectivity index is 2.27. The molecule has 1 aromatic carbocycles. The minimum Gasteiger partial charge on any atom is -0.296 e. The summed E-state index contributed by atoms with van der Waals surface area (Å²) in [5.74, 6) is -0.959. The van der Waals surface area contributed by atoms with E-state index in [1.54, 1.807) is 0 Å². The van der Waals surface area contributed by atoms with Crippen LogP contribution in [0.15, 0.2) is 30.5 Å². The fourth-order valence-corrected chi connectivity index (χ4v) is 1.40. The van der Waals surface area contributed by atoms with Gasteiger partial charge in [0.2, 0.25) is 0 Å². The number of halogens is 2. The lowest BCUT2D eigenvalue weighted by atomic mass is 10.1. The number of carbonyl (C=O) groups excluding carboxylic acids is 1. The number of carbonyl (C=O) groups is 1. The van der Waals surface area contributed by atoms with Crippen LogP contribution in [0, 0.1) is 11.6 Å². The van der Waals surface area contributed by atoms with Crippen molar-refractivity contribution in [2.75, 3.05) is 0 Å². The van der Waals surface area contributed by atoms with E-state index in [0.717, 1.165) is 6.07 Å². The quantitative estimate of drug-likeness (QED) is 0.764. The molecule has 0 bridgehead atoms. The zero-order valence-electron chi connectivity index (χ0n) is 8.73. The first-order chi connectivity index (χ1) is 8.19. The summed E-state index contributed by atoms with van der Waals surface area (Å²) in [4.78, 5) is 18.3. The van der Waals surface area contributed by atoms with Crippen LogP contribution in [0.3, 0.4) is 0 Å². The highest BCUT2D eigenvalue weighted by atomic mass is 19.1. The second-order valence-corrected chi connectivity index (χ2v) is 3.43. The third kappa shape index (κ3) is 2.69. The molecule has 0 fully saturated rings. The number of benzene rings is 1. The lowest BCUT2D eigenvalue weighted by Crippen LogP contribution is -2.01. The van der Waals surface area contributed by atoms with Crippen molar-refractivity contribution in [1.82, 2.24) is 9.97 Å². The Kier molecular flexibility index (Phi) is 3.18. The molecule has 2 aromatic rings. The van der Waals surface area contributed by atoms with Crippen molar-refractivity contribution >= 4 is 6.29 Å². The van der Waals surface area contributed by atoms with E-state index in [2.05, 4.69) is 9.97 Å². The third-order valence-corrected chi connectivity index (χ3v) is 2.21. The van der Waals surface area contributed by atoms with Gasteiger partial charge in [0.05, 0.1) is 0 Å². The Bertz CT molecular complexity index is 558. The van der Waals surface area contributed by atoms with E-state index >= 15 is 0 Å². The number of rotatable bonds is 3. The van der Waals surface area contributed by atoms with Crippen LogP contribution in [0.4, 0.5) is 8.78 Å². The highest BCUT2D eigenvalue weighted by molar-refractivity contribution is 5.71. The number of hydrogen-bond acceptors (Lipinski definition) is 3. The normalized spacial score (nSPS) is 10.2. The van der Waals surface area contributed by atoms with Crippen molar-refractivity contribution in [2.24, 2.45) is 0 Å². The summed E-state index contributed by atoms with van der Waals surface area (Å²) in [5.41, 5.74) is 0.520. The molecule has 0 aliphatic carbocycles. The minimum atomic E-state index is -0.648. The summed E-state index contributed by atoms with van der Waals surface area (Å²) in [6, 6.07) is 4.76. The lowest BCUT2D eigenvalue weighted by molar-refractivity contribution is 0.111. The molecule has 0 spiro atoms. The molecular formula is C12H8F2N2O. The molecule has 0 N–H and O–H groups in total. The van der Waals surface area contributed by atoms with Crippen LogP contribution < -0.4 is 0 Å². The topological polar surface area (TPSA) is 42.9 Å². The molecule has 1 heterocycles. The molecular weight excluding hydrogens is 226 g/mol. The highest BCUT2D eigenvalue weighted by Gasteiger charge is 2.07. The molecule has 1 aromatic heterocycles. The summed E-state index contributed by atoms with van der Waals surface area (Å²) in [7, 11) is 0. The van der Waals surface area contributed by atoms with E-state index in [1.165, 1.54) is 24.4 Å². The third-order valence-electron chi connectivity index (χ3n) is 2.21. The predicted octanol–water partition coefficient (Wildman–Crippen LogP) is 2.16. The van der Waals surface area contributed by atoms with Crippen molar-refractivity contribution in [2.45, 2.75) is 6.42 Å². The maximum absolute atomic E-state index is 13.4. The molecule has 0 radical (unpaired) electrons. The molecule has 0 aliphatic rings. The Morgan fingerprint density at radius 2 is 2.06 bits per heavy atom. The fourth-order valence-electron chi connectivity index (χ4n) is 1.40. The molecule has 0 saturated heterocycles. The number of aldehydes is 1. The van der Waals surface area contributed by atoms with E-state index in [-0.39, 0.29) is 17.7 Å². The van der Waals surface area contributed by atoms with E-state index in [4.69, 9.17) is 0 Å². The zero-order valence-corrected chi connectivity index (χ0v) is 8.73. The van der Waals surface area contributed by atoms with Crippen LogP contribution in [-0.4, -0.2) is 16.3 Å². The molecule has 0 aliphatic heterocycles. The van der Waals surface area contributed by atoms with Crippen LogP contribution >= 0.6 is 0 Å². The van der Waals surface area contributed by atoms with Crippen molar-refractivity contribution in [3.8, 4) is 0 Å². The second kappa shape index (κ2) is 4.78. The van der Waals surface area contributed by atoms with E-state index in [1.807, 2.05) is 0 Å². The fraction of sp³-hybridized carbons (Fsp3) is 0.0833. The van der Waals surface area contributed by atoms with Gasteiger partial charge >= 0.3 is 0 Å². The Morgan fingerprint density at radius 1 is 1.24 bits per heavy atom. The summed E-state index contributed by atoms with van der Waals surface area (Å²) < 4.78 is 26.0. The Hall–Kier alpha value is -2.17. The second-order valence-electron chi connectivity index (χ2n) is 3.43. The first kappa shape index (κ1) is 11.3. The van der Waals surface area contributed by atoms with Gasteiger partial charge in [0.25, 0.3) is 0 Å². The SMILES string of the molecule is O=Cc1ccnc(Cc2ccc(F)cc2F)n1. The highest BCUT2D eigenvalue weighted by Crippen LogP contribution is 2.12. The molecule has 0 saturated carbocycles. The molecule has 0 amide bonds. The van der Waals surface area contributed by atoms with Crippen LogP contribution in [0.2, 0.25) is 0 Å². The minimum absolute atomic E-state index is 0.119. The number of hydrogen-bond donors (Lipinski definition) is 0. The maximum atomic E-state index is 13.4. The molecule has 5 heteroatoms. The molecule has 3 nitrogen and oxygen atoms in total. The van der Waals surface area contributed by atoms with Gasteiger partial charge in [-0.3, -0.25) is 4.79 Å². The standard InChI is InChI=1S/C12H8F2N2O/c13-9-2-1-8(11(14)6-9)5-12-15-4-3-10(7-17)16-12/h1-4,6-7H,5H2. The molecule has 2 rings (SSSR count). The van der Waals surface area contributed by atoms with Gasteiger partial charge in [-0.25, -0.2) is 18.7 Å². The Morgan fingerprint density at radius 3 is 2.76 bits per heavy atom. The van der Waals surface area contributed by atoms with Gasteiger partial charge in [-0.1, -0.05) is 6.07 Å². The molecule has 0 unspecified atom stereocenters. The van der Waals surface area contributed by atoms with E-state index < -0.39 is 11.6 Å². The van der Waals surface area contributed by atoms with Crippen molar-refractivity contribution in [3.63, 3.8) is 0 Å². The van der Waals surface area contributed by atoms with Gasteiger partial charge in [0.15, 0.2) is 6.29 Å². The van der Waals surface area contributed by atoms with Crippen LogP contribution in [0.1, 0.15) is 21.9 Å². The van der Waals surface area contributed by atoms with Gasteiger partial charge < -0.3 is 0 Å². The van der Waals surface area contributed by atoms with E-state index in [0.29, 0.717) is 12.1 Å². The van der Waals surface area contributed by atoms with Crippen molar-refractivity contribution < 1.29 is 13.6 Å². The van der Waals surface area contributed by atoms with Crippen molar-refractivity contribution in [1.29, 1.82) is 0 Å². The monoisotopic (exact) mass is 234 g/mol. The summed E-state index contributed by atoms with van der Waals surface area (Å²) in [5, 5.41) is 0. The Labute approximate surface area is 96.2 Å². The van der Waals surface area contributed by atoms with Crippen molar-refractivity contribution in [3.05, 3.63) is 59.2 Å². The average molecular weight is 234 g/mol. The molecule has 86 valence electrons. The first-order valence-corrected chi connectivity index (χ1v) is 4.90. The van der Waals surface area contributed by atoms with Gasteiger partial charge in [0.1, 0.15) is 23.2 Å². The summed E-state index contributed by atoms with van der Waals surface area (Å²) >= 11 is 0.